The van der Waals surface area contributed by atoms with Crippen molar-refractivity contribution < 1.29 is 14.9 Å². The Hall–Kier alpha value is -2.16. The third-order valence-electron chi connectivity index (χ3n) is 2.72. The summed E-state index contributed by atoms with van der Waals surface area (Å²) in [6.07, 6.45) is 0.708. The normalized spacial score (nSPS) is 12.5. The predicted molar refractivity (Wildman–Crippen MR) is 59.1 cm³/mol. The summed E-state index contributed by atoms with van der Waals surface area (Å²) in [7, 11) is 0. The third kappa shape index (κ3) is 1.29. The highest BCUT2D eigenvalue weighted by Gasteiger charge is 2.19. The van der Waals surface area contributed by atoms with Crippen LogP contribution in [0.4, 0.5) is 0 Å². The monoisotopic (exact) mass is 214 g/mol. The molecule has 0 aromatic heterocycles. The van der Waals surface area contributed by atoms with Gasteiger partial charge in [0, 0.05) is 18.1 Å². The summed E-state index contributed by atoms with van der Waals surface area (Å²) in [6.45, 7) is 0. The highest BCUT2D eigenvalue weighted by atomic mass is 16.5. The van der Waals surface area contributed by atoms with E-state index in [0.717, 1.165) is 11.1 Å². The summed E-state index contributed by atoms with van der Waals surface area (Å²) in [5, 5.41) is 19.0. The number of aromatic hydroxyl groups is 2. The Labute approximate surface area is 92.5 Å². The summed E-state index contributed by atoms with van der Waals surface area (Å²) >= 11 is 0. The lowest BCUT2D eigenvalue weighted by Crippen LogP contribution is -2.02. The van der Waals surface area contributed by atoms with E-state index >= 15 is 0 Å². The molecule has 3 nitrogen and oxygen atoms in total. The number of rotatable bonds is 0. The molecule has 0 aliphatic carbocycles. The van der Waals surface area contributed by atoms with Gasteiger partial charge in [0.25, 0.3) is 0 Å². The smallest absolute Gasteiger partial charge is 0.172 e. The number of hydrogen-bond donors (Lipinski definition) is 2. The Morgan fingerprint density at radius 3 is 2.75 bits per heavy atom. The minimum Gasteiger partial charge on any atom is -0.508 e. The molecular weight excluding hydrogens is 204 g/mol. The highest BCUT2D eigenvalue weighted by molar-refractivity contribution is 5.56. The molecule has 0 unspecified atom stereocenters. The molecule has 0 saturated heterocycles. The molecule has 16 heavy (non-hydrogen) atoms. The SMILES string of the molecule is Oc1ccc2c(c1)Oc1c(O)cccc1C2. The fourth-order valence-corrected chi connectivity index (χ4v) is 1.93. The Bertz CT molecular complexity index is 561. The fraction of sp³-hybridized carbons (Fsp3) is 0.0769. The van der Waals surface area contributed by atoms with E-state index in [2.05, 4.69) is 0 Å². The number of fused-ring (bicyclic) bond motifs is 2. The maximum absolute atomic E-state index is 9.66. The zero-order chi connectivity index (χ0) is 11.1. The molecule has 0 spiro atoms. The molecule has 2 aromatic rings. The first-order chi connectivity index (χ1) is 7.74. The molecule has 0 saturated carbocycles. The van der Waals surface area contributed by atoms with E-state index in [1.54, 1.807) is 24.3 Å². The van der Waals surface area contributed by atoms with Gasteiger partial charge in [-0.15, -0.1) is 0 Å². The fourth-order valence-electron chi connectivity index (χ4n) is 1.93. The van der Waals surface area contributed by atoms with Crippen LogP contribution in [-0.4, -0.2) is 10.2 Å². The first-order valence-electron chi connectivity index (χ1n) is 5.04. The van der Waals surface area contributed by atoms with Gasteiger partial charge < -0.3 is 14.9 Å². The number of ether oxygens (including phenoxy) is 1. The molecular formula is C13H10O3. The van der Waals surface area contributed by atoms with Gasteiger partial charge in [-0.3, -0.25) is 0 Å². The lowest BCUT2D eigenvalue weighted by molar-refractivity contribution is 0.395. The maximum Gasteiger partial charge on any atom is 0.172 e. The van der Waals surface area contributed by atoms with Crippen molar-refractivity contribution in [3.8, 4) is 23.0 Å². The molecule has 1 aliphatic heterocycles. The van der Waals surface area contributed by atoms with Crippen LogP contribution in [0.3, 0.4) is 0 Å². The number of phenols is 2. The quantitative estimate of drug-likeness (QED) is 0.605. The Balaban J connectivity index is 2.13. The van der Waals surface area contributed by atoms with Crippen LogP contribution < -0.4 is 4.74 Å². The molecule has 3 rings (SSSR count). The average Bonchev–Trinajstić information content (AvgIpc) is 2.28. The van der Waals surface area contributed by atoms with E-state index in [0.29, 0.717) is 17.9 Å². The van der Waals surface area contributed by atoms with Crippen molar-refractivity contribution in [2.24, 2.45) is 0 Å². The molecule has 2 N–H and O–H groups in total. The summed E-state index contributed by atoms with van der Waals surface area (Å²) in [6, 6.07) is 10.3. The number of benzene rings is 2. The lowest BCUT2D eigenvalue weighted by atomic mass is 10.00. The molecule has 3 heteroatoms. The number of phenolic OH excluding ortho intramolecular Hbond substituents is 2. The highest BCUT2D eigenvalue weighted by Crippen LogP contribution is 2.42. The molecule has 0 amide bonds. The maximum atomic E-state index is 9.66. The van der Waals surface area contributed by atoms with Crippen molar-refractivity contribution in [1.82, 2.24) is 0 Å². The van der Waals surface area contributed by atoms with Crippen LogP contribution in [0.15, 0.2) is 36.4 Å². The van der Waals surface area contributed by atoms with Crippen LogP contribution in [0.2, 0.25) is 0 Å². The lowest BCUT2D eigenvalue weighted by Gasteiger charge is -2.20. The van der Waals surface area contributed by atoms with Gasteiger partial charge in [0.2, 0.25) is 0 Å². The average molecular weight is 214 g/mol. The molecule has 1 aliphatic rings. The van der Waals surface area contributed by atoms with E-state index in [1.165, 1.54) is 0 Å². The van der Waals surface area contributed by atoms with Crippen LogP contribution in [0, 0.1) is 0 Å². The first-order valence-corrected chi connectivity index (χ1v) is 5.04. The zero-order valence-corrected chi connectivity index (χ0v) is 8.47. The first kappa shape index (κ1) is 9.09. The van der Waals surface area contributed by atoms with Gasteiger partial charge in [-0.05, 0) is 17.7 Å². The van der Waals surface area contributed by atoms with E-state index in [4.69, 9.17) is 4.74 Å². The molecule has 0 atom stereocenters. The van der Waals surface area contributed by atoms with Crippen molar-refractivity contribution in [2.75, 3.05) is 0 Å². The largest absolute Gasteiger partial charge is 0.508 e. The minimum atomic E-state index is 0.131. The Morgan fingerprint density at radius 1 is 1.00 bits per heavy atom. The van der Waals surface area contributed by atoms with Crippen LogP contribution in [0.1, 0.15) is 11.1 Å². The summed E-state index contributed by atoms with van der Waals surface area (Å²) in [4.78, 5) is 0. The van der Waals surface area contributed by atoms with Gasteiger partial charge in [0.15, 0.2) is 11.5 Å². The summed E-state index contributed by atoms with van der Waals surface area (Å²) in [5.74, 6) is 1.39. The molecule has 0 fully saturated rings. The second kappa shape index (κ2) is 3.17. The van der Waals surface area contributed by atoms with Crippen LogP contribution in [0.25, 0.3) is 0 Å². The van der Waals surface area contributed by atoms with Gasteiger partial charge in [-0.1, -0.05) is 18.2 Å². The molecule has 1 heterocycles. The van der Waals surface area contributed by atoms with Crippen molar-refractivity contribution in [1.29, 1.82) is 0 Å². The van der Waals surface area contributed by atoms with Crippen molar-refractivity contribution in [3.63, 3.8) is 0 Å². The minimum absolute atomic E-state index is 0.131. The molecule has 80 valence electrons. The molecule has 0 bridgehead atoms. The summed E-state index contributed by atoms with van der Waals surface area (Å²) in [5.41, 5.74) is 1.97. The van der Waals surface area contributed by atoms with Gasteiger partial charge in [0.1, 0.15) is 11.5 Å². The van der Waals surface area contributed by atoms with Crippen LogP contribution in [-0.2, 0) is 6.42 Å². The van der Waals surface area contributed by atoms with Crippen LogP contribution in [0.5, 0.6) is 23.0 Å². The van der Waals surface area contributed by atoms with E-state index < -0.39 is 0 Å². The second-order valence-electron chi connectivity index (χ2n) is 3.84. The Kier molecular flexibility index (Phi) is 1.80. The van der Waals surface area contributed by atoms with Gasteiger partial charge >= 0.3 is 0 Å². The van der Waals surface area contributed by atoms with E-state index in [9.17, 15) is 10.2 Å². The second-order valence-corrected chi connectivity index (χ2v) is 3.84. The standard InChI is InChI=1S/C13H10O3/c14-10-5-4-8-6-9-2-1-3-11(15)13(9)16-12(8)7-10/h1-5,7,14-15H,6H2. The van der Waals surface area contributed by atoms with E-state index in [1.807, 2.05) is 12.1 Å². The van der Waals surface area contributed by atoms with Crippen molar-refractivity contribution >= 4 is 0 Å². The van der Waals surface area contributed by atoms with Crippen LogP contribution >= 0.6 is 0 Å². The number of para-hydroxylation sites is 1. The van der Waals surface area contributed by atoms with Gasteiger partial charge in [-0.25, -0.2) is 0 Å². The van der Waals surface area contributed by atoms with Gasteiger partial charge in [-0.2, -0.15) is 0 Å². The predicted octanol–water partition coefficient (Wildman–Crippen LogP) is 2.79. The van der Waals surface area contributed by atoms with Crippen molar-refractivity contribution in [2.45, 2.75) is 6.42 Å². The number of hydrogen-bond acceptors (Lipinski definition) is 3. The van der Waals surface area contributed by atoms with Crippen molar-refractivity contribution in [3.05, 3.63) is 47.5 Å². The van der Waals surface area contributed by atoms with Gasteiger partial charge in [0.05, 0.1) is 0 Å². The Morgan fingerprint density at radius 2 is 1.88 bits per heavy atom. The topological polar surface area (TPSA) is 49.7 Å². The molecule has 2 aromatic carbocycles. The third-order valence-corrected chi connectivity index (χ3v) is 2.72. The van der Waals surface area contributed by atoms with E-state index in [-0.39, 0.29) is 11.5 Å². The zero-order valence-electron chi connectivity index (χ0n) is 8.47. The summed E-state index contributed by atoms with van der Waals surface area (Å²) < 4.78 is 5.58. The molecule has 0 radical (unpaired) electrons.